The van der Waals surface area contributed by atoms with E-state index in [-0.39, 0.29) is 68.7 Å². The molecule has 0 spiro atoms. The maximum absolute atomic E-state index is 14.0. The lowest BCUT2D eigenvalue weighted by Crippen LogP contribution is -2.49. The Morgan fingerprint density at radius 2 is 1.19 bits per heavy atom. The van der Waals surface area contributed by atoms with Crippen LogP contribution in [0.25, 0.3) is 44.6 Å². The number of carbonyl (C=O) groups is 5. The number of piperidine rings is 2. The van der Waals surface area contributed by atoms with Crippen molar-refractivity contribution in [1.82, 2.24) is 29.3 Å². The summed E-state index contributed by atoms with van der Waals surface area (Å²) in [6.45, 7) is 17.6. The van der Waals surface area contributed by atoms with Gasteiger partial charge in [-0.15, -0.1) is 12.4 Å². The number of carbonyl (C=O) groups excluding carboxylic acids is 5. The third-order valence-corrected chi connectivity index (χ3v) is 17.2. The molecule has 4 aromatic heterocycles. The summed E-state index contributed by atoms with van der Waals surface area (Å²) < 4.78 is 34.5. The molecule has 2 aromatic carbocycles. The van der Waals surface area contributed by atoms with Gasteiger partial charge in [0.1, 0.15) is 24.6 Å². The molecule has 0 aliphatic carbocycles. The molecule has 6 aliphatic heterocycles. The number of nitrogens with one attached hydrogen (secondary N) is 2. The molecule has 6 aromatic rings. The number of fused-ring (bicyclic) bond motifs is 10. The van der Waals surface area contributed by atoms with Crippen LogP contribution in [0.5, 0.6) is 5.75 Å². The van der Waals surface area contributed by atoms with Crippen LogP contribution >= 0.6 is 24.2 Å². The summed E-state index contributed by atoms with van der Waals surface area (Å²) in [5.41, 5.74) is 12.0. The molecule has 2 atom stereocenters. The van der Waals surface area contributed by atoms with Crippen molar-refractivity contribution in [2.75, 3.05) is 26.2 Å². The van der Waals surface area contributed by atoms with Crippen LogP contribution in [0.1, 0.15) is 144 Å². The number of esters is 4. The predicted octanol–water partition coefficient (Wildman–Crippen LogP) is 10.6. The SMILES string of the molecule is C.CCc1c2c(nc3ccc(C)cc13)-c1cc3c(c(=O)n1C2)COC(=O)C3(CC)OC(=O)C1CCN(C(=O)OC(C)(C)C)CC1.CCc1c2c(nc3ccc(O)cc13)-c1cc3c(c(=O)n1C2)COC(=O)C3(CC)OC(=O)C1CCNCC1.Cl.N=NN=NCl. The first-order chi connectivity index (χ1) is 41.1. The Balaban J connectivity index is 0.000000210. The number of rotatable bonds is 9. The molecule has 23 nitrogen and oxygen atoms in total. The Kier molecular flexibility index (Phi) is 19.7. The number of phenolic OH excluding ortho intramolecular Hbond substituents is 1. The minimum Gasteiger partial charge on any atom is -0.508 e. The molecule has 2 fully saturated rings. The number of aryl methyl sites for hydroxylation is 3. The first-order valence-corrected chi connectivity index (χ1v) is 29.5. The molecule has 10 heterocycles. The Morgan fingerprint density at radius 1 is 0.727 bits per heavy atom. The first kappa shape index (κ1) is 65.8. The Bertz CT molecular complexity index is 3940. The molecule has 88 heavy (non-hydrogen) atoms. The fourth-order valence-corrected chi connectivity index (χ4v) is 12.8. The zero-order valence-corrected chi connectivity index (χ0v) is 51.4. The number of nitrogens with zero attached hydrogens (tertiary/aromatic N) is 8. The van der Waals surface area contributed by atoms with Crippen LogP contribution in [-0.4, -0.2) is 90.9 Å². The maximum Gasteiger partial charge on any atom is 0.410 e. The van der Waals surface area contributed by atoms with E-state index >= 15 is 0 Å². The lowest BCUT2D eigenvalue weighted by atomic mass is 9.85. The second-order valence-electron chi connectivity index (χ2n) is 23.3. The molecular weight excluding hydrogens is 1180 g/mol. The fourth-order valence-electron chi connectivity index (χ4n) is 12.8. The Morgan fingerprint density at radius 3 is 1.62 bits per heavy atom. The number of aromatic nitrogens is 4. The van der Waals surface area contributed by atoms with Crippen LogP contribution in [0.3, 0.4) is 0 Å². The molecule has 6 aliphatic rings. The van der Waals surface area contributed by atoms with Crippen molar-refractivity contribution in [3.05, 3.63) is 119 Å². The standard InChI is InChI=1S/C34H39N3O7.C28H29N3O6.CH4.ClHN4.ClH/c1-7-21-22-15-19(3)9-10-26(22)35-28-23(21)17-37-27(28)16-25-24(29(37)38)18-42-31(40)34(25,8-2)43-30(39)20-11-13-36(14-12-20)32(41)44-33(4,5)6;1-3-17-18-11-16(32)5-6-22(18)30-24-19(17)13-31-23(24)12-21-20(25(31)33)14-36-27(35)28(21,4-2)37-26(34)15-7-9-29-10-8-15;;1-3-5-4-2;/h9-10,15-16,20H,7-8,11-14,17-18H2,1-6H3;5-6,11-12,15,29,32H,3-4,7-10,13-14H2,1-2H3;1H4;2H;1H. The molecule has 12 rings (SSSR count). The summed E-state index contributed by atoms with van der Waals surface area (Å²) in [6.07, 6.45) is 3.31. The lowest BCUT2D eigenvalue weighted by molar-refractivity contribution is -0.192. The molecule has 1 amide bonds. The van der Waals surface area contributed by atoms with Gasteiger partial charge in [-0.1, -0.05) is 51.4 Å². The minimum atomic E-state index is -1.76. The zero-order chi connectivity index (χ0) is 61.6. The van der Waals surface area contributed by atoms with Gasteiger partial charge in [-0.05, 0) is 156 Å². The van der Waals surface area contributed by atoms with Crippen LogP contribution in [0.15, 0.2) is 73.2 Å². The average Bonchev–Trinajstić information content (AvgIpc) is 1.52. The number of cyclic esters (lactones) is 2. The van der Waals surface area contributed by atoms with Gasteiger partial charge in [0.05, 0.1) is 81.6 Å². The van der Waals surface area contributed by atoms with Crippen LogP contribution < -0.4 is 16.4 Å². The van der Waals surface area contributed by atoms with E-state index in [4.69, 9.17) is 39.2 Å². The largest absolute Gasteiger partial charge is 0.508 e. The smallest absolute Gasteiger partial charge is 0.410 e. The van der Waals surface area contributed by atoms with Crippen molar-refractivity contribution in [2.45, 2.75) is 157 Å². The highest BCUT2D eigenvalue weighted by atomic mass is 35.5. The summed E-state index contributed by atoms with van der Waals surface area (Å²) >= 11 is 4.55. The highest BCUT2D eigenvalue weighted by molar-refractivity contribution is 6.13. The van der Waals surface area contributed by atoms with Gasteiger partial charge in [-0.2, -0.15) is 5.53 Å². The molecule has 0 saturated carbocycles. The van der Waals surface area contributed by atoms with Gasteiger partial charge in [-0.3, -0.25) is 19.2 Å². The number of aromatic hydroxyl groups is 1. The number of halogens is 2. The van der Waals surface area contributed by atoms with Crippen LogP contribution in [-0.2, 0) is 93.2 Å². The quantitative estimate of drug-likeness (QED) is 0.0524. The fraction of sp³-hybridized carbons (Fsp3) is 0.476. The molecule has 25 heteroatoms. The zero-order valence-electron chi connectivity index (χ0n) is 49.8. The first-order valence-electron chi connectivity index (χ1n) is 29.1. The van der Waals surface area contributed by atoms with E-state index in [1.165, 1.54) is 0 Å². The predicted molar refractivity (Wildman–Crippen MR) is 328 cm³/mol. The number of phenols is 1. The van der Waals surface area contributed by atoms with Crippen molar-refractivity contribution in [2.24, 2.45) is 26.9 Å². The number of benzene rings is 2. The van der Waals surface area contributed by atoms with Crippen LogP contribution in [0, 0.1) is 24.3 Å². The Labute approximate surface area is 519 Å². The van der Waals surface area contributed by atoms with Gasteiger partial charge in [0.15, 0.2) is 0 Å². The molecule has 2 saturated heterocycles. The second kappa shape index (κ2) is 26.3. The molecular formula is C63H74Cl2N10O13. The summed E-state index contributed by atoms with van der Waals surface area (Å²) in [6, 6.07) is 14.8. The molecule has 0 radical (unpaired) electrons. The van der Waals surface area contributed by atoms with E-state index in [1.54, 1.807) is 58.2 Å². The monoisotopic (exact) mass is 1250 g/mol. The topological polar surface area (TPSA) is 298 Å². The second-order valence-corrected chi connectivity index (χ2v) is 23.4. The van der Waals surface area contributed by atoms with Gasteiger partial charge in [0.2, 0.25) is 11.2 Å². The van der Waals surface area contributed by atoms with Crippen LogP contribution in [0.2, 0.25) is 0 Å². The van der Waals surface area contributed by atoms with E-state index in [0.29, 0.717) is 122 Å². The normalized spacial score (nSPS) is 19.1. The molecule has 0 bridgehead atoms. The van der Waals surface area contributed by atoms with Gasteiger partial charge < -0.3 is 48.1 Å². The third-order valence-electron chi connectivity index (χ3n) is 17.2. The van der Waals surface area contributed by atoms with Gasteiger partial charge in [0, 0.05) is 46.1 Å². The van der Waals surface area contributed by atoms with Gasteiger partial charge in [-0.25, -0.2) is 24.4 Å². The van der Waals surface area contributed by atoms with Gasteiger partial charge >= 0.3 is 30.0 Å². The minimum absolute atomic E-state index is 0. The summed E-state index contributed by atoms with van der Waals surface area (Å²) in [4.78, 5) is 105. The number of likely N-dealkylation sites (tertiary alicyclic amines) is 1. The van der Waals surface area contributed by atoms with Crippen LogP contribution in [0.4, 0.5) is 4.79 Å². The third kappa shape index (κ3) is 11.9. The number of hydrogen-bond donors (Lipinski definition) is 3. The number of amides is 1. The highest BCUT2D eigenvalue weighted by Crippen LogP contribution is 2.45. The van der Waals surface area contributed by atoms with E-state index < -0.39 is 52.7 Å². The maximum atomic E-state index is 14.0. The van der Waals surface area contributed by atoms with Crippen molar-refractivity contribution in [1.29, 1.82) is 5.53 Å². The van der Waals surface area contributed by atoms with Crippen molar-refractivity contribution < 1.29 is 52.8 Å². The summed E-state index contributed by atoms with van der Waals surface area (Å²) in [7, 11) is 0. The number of ether oxygens (including phenoxy) is 5. The molecule has 468 valence electrons. The average molecular weight is 1250 g/mol. The van der Waals surface area contributed by atoms with E-state index in [9.17, 15) is 38.7 Å². The molecule has 3 N–H and O–H groups in total. The van der Waals surface area contributed by atoms with E-state index in [2.05, 4.69) is 45.2 Å². The highest BCUT2D eigenvalue weighted by Gasteiger charge is 2.53. The summed E-state index contributed by atoms with van der Waals surface area (Å²) in [5.74, 6) is -2.99. The van der Waals surface area contributed by atoms with E-state index in [0.717, 1.165) is 50.5 Å². The number of pyridine rings is 4. The van der Waals surface area contributed by atoms with Crippen molar-refractivity contribution >= 4 is 76.0 Å². The van der Waals surface area contributed by atoms with Crippen molar-refractivity contribution in [3.8, 4) is 28.5 Å². The number of hydrogen-bond acceptors (Lipinski definition) is 18. The molecule has 2 unspecified atom stereocenters. The van der Waals surface area contributed by atoms with Crippen molar-refractivity contribution in [3.63, 3.8) is 0 Å². The van der Waals surface area contributed by atoms with E-state index in [1.807, 2.05) is 46.8 Å². The Hall–Kier alpha value is -8.15. The lowest BCUT2D eigenvalue weighted by Gasteiger charge is -2.38. The van der Waals surface area contributed by atoms with Gasteiger partial charge in [0.25, 0.3) is 11.1 Å². The summed E-state index contributed by atoms with van der Waals surface area (Å²) in [5, 5.41) is 20.3.